The Labute approximate surface area is 143 Å². The molecule has 24 heavy (non-hydrogen) atoms. The maximum absolute atomic E-state index is 12.9. The molecule has 5 nitrogen and oxygen atoms in total. The summed E-state index contributed by atoms with van der Waals surface area (Å²) in [7, 11) is 0. The minimum Gasteiger partial charge on any atom is -0.336 e. The predicted octanol–water partition coefficient (Wildman–Crippen LogP) is 2.52. The Hall–Kier alpha value is -2.14. The number of benzene rings is 1. The van der Waals surface area contributed by atoms with E-state index >= 15 is 0 Å². The lowest BCUT2D eigenvalue weighted by Gasteiger charge is -2.34. The maximum atomic E-state index is 12.9. The molecule has 1 aliphatic heterocycles. The van der Waals surface area contributed by atoms with Crippen molar-refractivity contribution in [2.24, 2.45) is 0 Å². The van der Waals surface area contributed by atoms with Crippen molar-refractivity contribution in [2.45, 2.75) is 27.2 Å². The SMILES string of the molecule is CCc1c(C(=O)N2CCN(CC)CC2)cnn1-c1ccc(C)cc1. The van der Waals surface area contributed by atoms with Crippen LogP contribution >= 0.6 is 0 Å². The fourth-order valence-corrected chi connectivity index (χ4v) is 3.24. The van der Waals surface area contributed by atoms with Crippen LogP contribution in [0.3, 0.4) is 0 Å². The number of amides is 1. The van der Waals surface area contributed by atoms with E-state index in [0.29, 0.717) is 0 Å². The van der Waals surface area contributed by atoms with Crippen molar-refractivity contribution < 1.29 is 4.79 Å². The van der Waals surface area contributed by atoms with Crippen LogP contribution < -0.4 is 0 Å². The highest BCUT2D eigenvalue weighted by Crippen LogP contribution is 2.19. The van der Waals surface area contributed by atoms with E-state index in [0.717, 1.165) is 56.1 Å². The smallest absolute Gasteiger partial charge is 0.257 e. The highest BCUT2D eigenvalue weighted by Gasteiger charge is 2.25. The summed E-state index contributed by atoms with van der Waals surface area (Å²) in [4.78, 5) is 17.3. The number of hydrogen-bond acceptors (Lipinski definition) is 3. The van der Waals surface area contributed by atoms with Crippen molar-refractivity contribution in [3.8, 4) is 5.69 Å². The lowest BCUT2D eigenvalue weighted by atomic mass is 10.1. The first-order chi connectivity index (χ1) is 11.6. The lowest BCUT2D eigenvalue weighted by molar-refractivity contribution is 0.0642. The third-order valence-electron chi connectivity index (χ3n) is 4.82. The normalized spacial score (nSPS) is 15.7. The van der Waals surface area contributed by atoms with E-state index in [1.807, 2.05) is 9.58 Å². The zero-order valence-corrected chi connectivity index (χ0v) is 14.8. The maximum Gasteiger partial charge on any atom is 0.257 e. The van der Waals surface area contributed by atoms with Gasteiger partial charge in [-0.15, -0.1) is 0 Å². The van der Waals surface area contributed by atoms with Gasteiger partial charge in [-0.05, 0) is 32.0 Å². The molecule has 0 radical (unpaired) electrons. The minimum absolute atomic E-state index is 0.112. The number of likely N-dealkylation sites (N-methyl/N-ethyl adjacent to an activating group) is 1. The summed E-state index contributed by atoms with van der Waals surface area (Å²) in [6.45, 7) is 10.9. The van der Waals surface area contributed by atoms with Crippen LogP contribution in [0.1, 0.15) is 35.5 Å². The van der Waals surface area contributed by atoms with E-state index in [4.69, 9.17) is 0 Å². The van der Waals surface area contributed by atoms with Gasteiger partial charge in [-0.25, -0.2) is 4.68 Å². The highest BCUT2D eigenvalue weighted by molar-refractivity contribution is 5.95. The second-order valence-electron chi connectivity index (χ2n) is 6.33. The van der Waals surface area contributed by atoms with Crippen molar-refractivity contribution in [1.82, 2.24) is 19.6 Å². The van der Waals surface area contributed by atoms with Gasteiger partial charge in [0.25, 0.3) is 5.91 Å². The summed E-state index contributed by atoms with van der Waals surface area (Å²) in [5.41, 5.74) is 3.95. The fraction of sp³-hybridized carbons (Fsp3) is 0.474. The number of hydrogen-bond donors (Lipinski definition) is 0. The number of piperazine rings is 1. The van der Waals surface area contributed by atoms with E-state index < -0.39 is 0 Å². The number of aryl methyl sites for hydroxylation is 1. The van der Waals surface area contributed by atoms with Gasteiger partial charge in [0, 0.05) is 26.2 Å². The van der Waals surface area contributed by atoms with Crippen molar-refractivity contribution in [3.05, 3.63) is 47.3 Å². The van der Waals surface area contributed by atoms with Gasteiger partial charge in [-0.1, -0.05) is 31.5 Å². The Bertz CT molecular complexity index is 697. The van der Waals surface area contributed by atoms with Gasteiger partial charge in [-0.3, -0.25) is 4.79 Å². The molecule has 0 saturated carbocycles. The summed E-state index contributed by atoms with van der Waals surface area (Å²) >= 11 is 0. The highest BCUT2D eigenvalue weighted by atomic mass is 16.2. The Morgan fingerprint density at radius 3 is 2.33 bits per heavy atom. The van der Waals surface area contributed by atoms with Crippen LogP contribution in [-0.4, -0.2) is 58.2 Å². The number of carbonyl (C=O) groups excluding carboxylic acids is 1. The first kappa shape index (κ1) is 16.7. The second-order valence-corrected chi connectivity index (χ2v) is 6.33. The minimum atomic E-state index is 0.112. The molecule has 5 heteroatoms. The number of carbonyl (C=O) groups is 1. The summed E-state index contributed by atoms with van der Waals surface area (Å²) < 4.78 is 1.90. The molecule has 0 spiro atoms. The van der Waals surface area contributed by atoms with Crippen LogP contribution in [-0.2, 0) is 6.42 Å². The largest absolute Gasteiger partial charge is 0.336 e. The zero-order chi connectivity index (χ0) is 17.1. The first-order valence-electron chi connectivity index (χ1n) is 8.79. The molecule has 128 valence electrons. The van der Waals surface area contributed by atoms with Gasteiger partial charge in [-0.2, -0.15) is 5.10 Å². The Balaban J connectivity index is 1.84. The molecule has 2 heterocycles. The summed E-state index contributed by atoms with van der Waals surface area (Å²) in [6.07, 6.45) is 2.51. The predicted molar refractivity (Wildman–Crippen MR) is 95.7 cm³/mol. The first-order valence-corrected chi connectivity index (χ1v) is 8.79. The van der Waals surface area contributed by atoms with Crippen LogP contribution in [0.25, 0.3) is 5.69 Å². The molecule has 1 aromatic carbocycles. The average molecular weight is 326 g/mol. The fourth-order valence-electron chi connectivity index (χ4n) is 3.24. The van der Waals surface area contributed by atoms with E-state index in [1.165, 1.54) is 5.56 Å². The van der Waals surface area contributed by atoms with Crippen LogP contribution in [0.4, 0.5) is 0 Å². The van der Waals surface area contributed by atoms with E-state index in [1.54, 1.807) is 6.20 Å². The van der Waals surface area contributed by atoms with Crippen LogP contribution in [0, 0.1) is 6.92 Å². The molecule has 0 atom stereocenters. The van der Waals surface area contributed by atoms with Gasteiger partial charge >= 0.3 is 0 Å². The van der Waals surface area contributed by atoms with Crippen LogP contribution in [0.15, 0.2) is 30.5 Å². The molecule has 0 unspecified atom stereocenters. The van der Waals surface area contributed by atoms with Crippen LogP contribution in [0.5, 0.6) is 0 Å². The standard InChI is InChI=1S/C19H26N4O/c1-4-18-17(19(24)22-12-10-21(5-2)11-13-22)14-20-23(18)16-8-6-15(3)7-9-16/h6-9,14H,4-5,10-13H2,1-3H3. The number of nitrogens with zero attached hydrogens (tertiary/aromatic N) is 4. The average Bonchev–Trinajstić information content (AvgIpc) is 3.05. The van der Waals surface area contributed by atoms with Gasteiger partial charge in [0.1, 0.15) is 0 Å². The van der Waals surface area contributed by atoms with Crippen molar-refractivity contribution in [2.75, 3.05) is 32.7 Å². The third kappa shape index (κ3) is 3.22. The summed E-state index contributed by atoms with van der Waals surface area (Å²) in [5.74, 6) is 0.112. The molecule has 0 aliphatic carbocycles. The molecule has 2 aromatic rings. The van der Waals surface area contributed by atoms with Gasteiger partial charge in [0.05, 0.1) is 23.1 Å². The van der Waals surface area contributed by atoms with Crippen molar-refractivity contribution in [3.63, 3.8) is 0 Å². The number of rotatable bonds is 4. The Morgan fingerprint density at radius 1 is 1.08 bits per heavy atom. The van der Waals surface area contributed by atoms with Gasteiger partial charge < -0.3 is 9.80 Å². The molecule has 0 bridgehead atoms. The summed E-state index contributed by atoms with van der Waals surface area (Å²) in [6, 6.07) is 8.25. The molecular formula is C19H26N4O. The van der Waals surface area contributed by atoms with E-state index in [2.05, 4.69) is 55.0 Å². The Kier molecular flexibility index (Phi) is 5.00. The topological polar surface area (TPSA) is 41.4 Å². The van der Waals surface area contributed by atoms with Gasteiger partial charge in [0.15, 0.2) is 0 Å². The second kappa shape index (κ2) is 7.18. The van der Waals surface area contributed by atoms with Crippen LogP contribution in [0.2, 0.25) is 0 Å². The van der Waals surface area contributed by atoms with Crippen molar-refractivity contribution in [1.29, 1.82) is 0 Å². The third-order valence-corrected chi connectivity index (χ3v) is 4.82. The molecule has 1 saturated heterocycles. The molecule has 3 rings (SSSR count). The number of aromatic nitrogens is 2. The molecule has 1 amide bonds. The molecule has 1 aromatic heterocycles. The molecule has 1 fully saturated rings. The lowest BCUT2D eigenvalue weighted by Crippen LogP contribution is -2.48. The van der Waals surface area contributed by atoms with Gasteiger partial charge in [0.2, 0.25) is 0 Å². The van der Waals surface area contributed by atoms with E-state index in [-0.39, 0.29) is 5.91 Å². The monoisotopic (exact) mass is 326 g/mol. The van der Waals surface area contributed by atoms with E-state index in [9.17, 15) is 4.79 Å². The Morgan fingerprint density at radius 2 is 1.75 bits per heavy atom. The zero-order valence-electron chi connectivity index (χ0n) is 14.8. The summed E-state index contributed by atoms with van der Waals surface area (Å²) in [5, 5.41) is 4.49. The molecular weight excluding hydrogens is 300 g/mol. The van der Waals surface area contributed by atoms with Crippen molar-refractivity contribution >= 4 is 5.91 Å². The quantitative estimate of drug-likeness (QED) is 0.867. The molecule has 0 N–H and O–H groups in total. The molecule has 1 aliphatic rings.